The van der Waals surface area contributed by atoms with Crippen molar-refractivity contribution in [2.75, 3.05) is 25.5 Å². The summed E-state index contributed by atoms with van der Waals surface area (Å²) in [5.74, 6) is -0.164. The number of rotatable bonds is 3. The number of likely N-dealkylation sites (N-methyl/N-ethyl adjacent to an activating group) is 1. The highest BCUT2D eigenvalue weighted by molar-refractivity contribution is 5.89. The van der Waals surface area contributed by atoms with Gasteiger partial charge >= 0.3 is 12.3 Å². The average molecular weight is 328 g/mol. The van der Waals surface area contributed by atoms with Crippen LogP contribution < -0.4 is 14.8 Å². The zero-order valence-corrected chi connectivity index (χ0v) is 12.7. The lowest BCUT2D eigenvalue weighted by Gasteiger charge is -2.27. The van der Waals surface area contributed by atoms with E-state index in [1.54, 1.807) is 7.05 Å². The fraction of sp³-hybridized carbons (Fsp3) is 0.533. The summed E-state index contributed by atoms with van der Waals surface area (Å²) in [6, 6.07) is 3.77. The predicted molar refractivity (Wildman–Crippen MR) is 77.9 cm³/mol. The molecule has 0 spiro atoms. The number of amides is 2. The lowest BCUT2D eigenvalue weighted by Crippen LogP contribution is -2.39. The molecule has 1 aromatic rings. The Kier molecular flexibility index (Phi) is 4.25. The summed E-state index contributed by atoms with van der Waals surface area (Å²) in [4.78, 5) is 13.7. The van der Waals surface area contributed by atoms with Crippen molar-refractivity contribution in [3.63, 3.8) is 0 Å². The highest BCUT2D eigenvalue weighted by atomic mass is 19.3. The summed E-state index contributed by atoms with van der Waals surface area (Å²) in [6.07, 6.45) is -0.559. The van der Waals surface area contributed by atoms with Gasteiger partial charge in [0.05, 0.1) is 6.10 Å². The standard InChI is InChI=1S/C15H18F2N2O4/c1-19(9-11-4-2-3-7-21-11)14(20)18-10-5-6-12-13(8-10)23-15(16,17)22-12/h5-6,8,11H,2-4,7,9H2,1H3,(H,18,20). The highest BCUT2D eigenvalue weighted by Gasteiger charge is 2.43. The van der Waals surface area contributed by atoms with Crippen LogP contribution in [0, 0.1) is 0 Å². The molecule has 0 radical (unpaired) electrons. The molecule has 2 aliphatic rings. The maximum atomic E-state index is 13.0. The van der Waals surface area contributed by atoms with E-state index in [9.17, 15) is 13.6 Å². The second-order valence-electron chi connectivity index (χ2n) is 5.63. The zero-order chi connectivity index (χ0) is 16.4. The van der Waals surface area contributed by atoms with E-state index in [-0.39, 0.29) is 23.6 Å². The van der Waals surface area contributed by atoms with Crippen LogP contribution in [0.5, 0.6) is 11.5 Å². The molecule has 1 aromatic carbocycles. The van der Waals surface area contributed by atoms with Crippen LogP contribution in [0.15, 0.2) is 18.2 Å². The van der Waals surface area contributed by atoms with Crippen LogP contribution in [-0.2, 0) is 4.74 Å². The number of ether oxygens (including phenoxy) is 3. The molecule has 23 heavy (non-hydrogen) atoms. The van der Waals surface area contributed by atoms with Crippen LogP contribution in [0.25, 0.3) is 0 Å². The van der Waals surface area contributed by atoms with Crippen LogP contribution in [0.3, 0.4) is 0 Å². The number of halogens is 2. The number of hydrogen-bond acceptors (Lipinski definition) is 4. The van der Waals surface area contributed by atoms with E-state index < -0.39 is 6.29 Å². The second kappa shape index (κ2) is 6.19. The summed E-state index contributed by atoms with van der Waals surface area (Å²) in [5, 5.41) is 2.64. The topological polar surface area (TPSA) is 60.0 Å². The molecule has 1 fully saturated rings. The van der Waals surface area contributed by atoms with Crippen LogP contribution in [0.2, 0.25) is 0 Å². The van der Waals surface area contributed by atoms with E-state index in [4.69, 9.17) is 4.74 Å². The van der Waals surface area contributed by atoms with Gasteiger partial charge in [-0.2, -0.15) is 0 Å². The number of nitrogens with zero attached hydrogens (tertiary/aromatic N) is 1. The Morgan fingerprint density at radius 3 is 2.87 bits per heavy atom. The van der Waals surface area contributed by atoms with Crippen molar-refractivity contribution in [3.8, 4) is 11.5 Å². The number of alkyl halides is 2. The van der Waals surface area contributed by atoms with Gasteiger partial charge in [0.2, 0.25) is 0 Å². The fourth-order valence-corrected chi connectivity index (χ4v) is 2.59. The molecule has 2 amide bonds. The highest BCUT2D eigenvalue weighted by Crippen LogP contribution is 2.42. The van der Waals surface area contributed by atoms with Crippen LogP contribution in [0.1, 0.15) is 19.3 Å². The minimum atomic E-state index is -3.67. The first-order valence-electron chi connectivity index (χ1n) is 7.46. The van der Waals surface area contributed by atoms with Gasteiger partial charge in [-0.05, 0) is 31.4 Å². The molecule has 3 rings (SSSR count). The van der Waals surface area contributed by atoms with Gasteiger partial charge in [-0.1, -0.05) is 0 Å². The quantitative estimate of drug-likeness (QED) is 0.926. The molecular formula is C15H18F2N2O4. The Balaban J connectivity index is 1.57. The first-order chi connectivity index (χ1) is 10.9. The second-order valence-corrected chi connectivity index (χ2v) is 5.63. The molecule has 1 unspecified atom stereocenters. The maximum absolute atomic E-state index is 13.0. The number of hydrogen-bond donors (Lipinski definition) is 1. The smallest absolute Gasteiger partial charge is 0.395 e. The summed E-state index contributed by atoms with van der Waals surface area (Å²) in [6.45, 7) is 1.20. The lowest BCUT2D eigenvalue weighted by molar-refractivity contribution is -0.286. The molecule has 126 valence electrons. The van der Waals surface area contributed by atoms with E-state index in [1.807, 2.05) is 0 Å². The monoisotopic (exact) mass is 328 g/mol. The molecule has 0 saturated carbocycles. The first-order valence-corrected chi connectivity index (χ1v) is 7.46. The van der Waals surface area contributed by atoms with Crippen molar-refractivity contribution in [2.45, 2.75) is 31.7 Å². The van der Waals surface area contributed by atoms with Crippen molar-refractivity contribution >= 4 is 11.7 Å². The third kappa shape index (κ3) is 3.82. The van der Waals surface area contributed by atoms with E-state index in [0.29, 0.717) is 12.2 Å². The van der Waals surface area contributed by atoms with E-state index in [1.165, 1.54) is 23.1 Å². The SMILES string of the molecule is CN(CC1CCCCO1)C(=O)Nc1ccc2c(c1)OC(F)(F)O2. The van der Waals surface area contributed by atoms with Crippen molar-refractivity contribution in [3.05, 3.63) is 18.2 Å². The van der Waals surface area contributed by atoms with Crippen molar-refractivity contribution in [2.24, 2.45) is 0 Å². The molecule has 0 aliphatic carbocycles. The third-order valence-corrected chi connectivity index (χ3v) is 3.75. The van der Waals surface area contributed by atoms with Gasteiger partial charge in [0.1, 0.15) is 0 Å². The largest absolute Gasteiger partial charge is 0.586 e. The number of nitrogens with one attached hydrogen (secondary N) is 1. The van der Waals surface area contributed by atoms with Gasteiger partial charge in [0.25, 0.3) is 0 Å². The fourth-order valence-electron chi connectivity index (χ4n) is 2.59. The van der Waals surface area contributed by atoms with Gasteiger partial charge in [-0.15, -0.1) is 8.78 Å². The van der Waals surface area contributed by atoms with Crippen LogP contribution >= 0.6 is 0 Å². The minimum Gasteiger partial charge on any atom is -0.395 e. The molecule has 1 saturated heterocycles. The predicted octanol–water partition coefficient (Wildman–Crippen LogP) is 3.04. The molecule has 1 atom stereocenters. The lowest BCUT2D eigenvalue weighted by atomic mass is 10.1. The van der Waals surface area contributed by atoms with Crippen LogP contribution in [0.4, 0.5) is 19.3 Å². The summed E-state index contributed by atoms with van der Waals surface area (Å²) in [5.41, 5.74) is 0.353. The molecule has 0 bridgehead atoms. The Bertz CT molecular complexity index is 591. The first kappa shape index (κ1) is 15.8. The van der Waals surface area contributed by atoms with Crippen LogP contribution in [-0.4, -0.2) is 43.5 Å². The number of benzene rings is 1. The Hall–Kier alpha value is -2.09. The third-order valence-electron chi connectivity index (χ3n) is 3.75. The maximum Gasteiger partial charge on any atom is 0.586 e. The molecular weight excluding hydrogens is 310 g/mol. The Labute approximate surface area is 132 Å². The summed E-state index contributed by atoms with van der Waals surface area (Å²) < 4.78 is 40.2. The van der Waals surface area contributed by atoms with Gasteiger partial charge in [0, 0.05) is 32.0 Å². The van der Waals surface area contributed by atoms with E-state index in [2.05, 4.69) is 14.8 Å². The van der Waals surface area contributed by atoms with E-state index >= 15 is 0 Å². The van der Waals surface area contributed by atoms with Gasteiger partial charge in [-0.3, -0.25) is 0 Å². The number of carbonyl (C=O) groups excluding carboxylic acids is 1. The minimum absolute atomic E-state index is 0.0370. The number of fused-ring (bicyclic) bond motifs is 1. The van der Waals surface area contributed by atoms with Crippen molar-refractivity contribution in [1.29, 1.82) is 0 Å². The number of anilines is 1. The van der Waals surface area contributed by atoms with Gasteiger partial charge in [-0.25, -0.2) is 4.79 Å². The average Bonchev–Trinajstić information content (AvgIpc) is 2.81. The molecule has 6 nitrogen and oxygen atoms in total. The molecule has 2 heterocycles. The molecule has 0 aromatic heterocycles. The summed E-state index contributed by atoms with van der Waals surface area (Å²) in [7, 11) is 1.66. The Morgan fingerprint density at radius 1 is 1.35 bits per heavy atom. The molecule has 8 heteroatoms. The van der Waals surface area contributed by atoms with Gasteiger partial charge < -0.3 is 24.4 Å². The van der Waals surface area contributed by atoms with E-state index in [0.717, 1.165) is 25.9 Å². The van der Waals surface area contributed by atoms with Gasteiger partial charge in [0.15, 0.2) is 11.5 Å². The molecule has 1 N–H and O–H groups in total. The normalized spacial score (nSPS) is 21.8. The summed E-state index contributed by atoms with van der Waals surface area (Å²) >= 11 is 0. The van der Waals surface area contributed by atoms with Crippen molar-refractivity contribution in [1.82, 2.24) is 4.90 Å². The zero-order valence-electron chi connectivity index (χ0n) is 12.7. The number of urea groups is 1. The molecule has 2 aliphatic heterocycles. The van der Waals surface area contributed by atoms with Crippen molar-refractivity contribution < 1.29 is 27.8 Å². The number of carbonyl (C=O) groups is 1. The Morgan fingerprint density at radius 2 is 2.13 bits per heavy atom.